The second-order valence-corrected chi connectivity index (χ2v) is 6.88. The van der Waals surface area contributed by atoms with E-state index in [4.69, 9.17) is 0 Å². The molecule has 2 unspecified atom stereocenters. The van der Waals surface area contributed by atoms with E-state index >= 15 is 0 Å². The zero-order valence-electron chi connectivity index (χ0n) is 15.5. The van der Waals surface area contributed by atoms with Crippen LogP contribution in [0, 0.1) is 26.7 Å². The molecule has 0 N–H and O–H groups in total. The van der Waals surface area contributed by atoms with Crippen LogP contribution in [0.4, 0.5) is 0 Å². The molecule has 0 radical (unpaired) electrons. The molecule has 2 heteroatoms. The first kappa shape index (κ1) is 19.3. The van der Waals surface area contributed by atoms with Crippen LogP contribution in [0.25, 0.3) is 0 Å². The number of hydrogen-bond acceptors (Lipinski definition) is 2. The molecule has 1 aliphatic carbocycles. The van der Waals surface area contributed by atoms with Gasteiger partial charge in [0.25, 0.3) is 0 Å². The Morgan fingerprint density at radius 3 is 2.04 bits per heavy atom. The molecule has 126 valence electrons. The Morgan fingerprint density at radius 2 is 1.61 bits per heavy atom. The Kier molecular flexibility index (Phi) is 6.93. The number of hydrogen-bond donors (Lipinski definition) is 0. The largest absolute Gasteiger partial charge is 0.298 e. The van der Waals surface area contributed by atoms with Crippen LogP contribution in [-0.4, -0.2) is 11.6 Å². The molecule has 0 saturated heterocycles. The molecule has 2 nitrogen and oxygen atoms in total. The molecule has 0 spiro atoms. The molecule has 0 aliphatic heterocycles. The molecule has 1 aliphatic rings. The smallest absolute Gasteiger partial charge is 0.151 e. The lowest BCUT2D eigenvalue weighted by Gasteiger charge is -2.16. The molecular formula is C21H30O2. The summed E-state index contributed by atoms with van der Waals surface area (Å²) in [7, 11) is 0. The van der Waals surface area contributed by atoms with Crippen LogP contribution in [0.5, 0.6) is 0 Å². The van der Waals surface area contributed by atoms with Crippen molar-refractivity contribution in [2.45, 2.75) is 66.7 Å². The summed E-state index contributed by atoms with van der Waals surface area (Å²) in [5, 5.41) is 0. The standard InChI is InChI=1S/C18H22O2.C3H8/c1-10(2)6-14-9-15(19)17(18(14)20)16-12(4)7-11(3)8-13(16)5;1-3-2/h7-8,14,17H,1,6,9H2,2-5H3;3H2,1-2H3. The Labute approximate surface area is 141 Å². The van der Waals surface area contributed by atoms with Crippen LogP contribution in [-0.2, 0) is 9.59 Å². The number of aryl methyl sites for hydroxylation is 3. The van der Waals surface area contributed by atoms with Crippen LogP contribution in [0.2, 0.25) is 0 Å². The van der Waals surface area contributed by atoms with Crippen LogP contribution in [0.1, 0.15) is 68.2 Å². The highest BCUT2D eigenvalue weighted by molar-refractivity contribution is 6.15. The van der Waals surface area contributed by atoms with E-state index in [1.54, 1.807) is 0 Å². The van der Waals surface area contributed by atoms with E-state index in [2.05, 4.69) is 32.6 Å². The van der Waals surface area contributed by atoms with E-state index in [1.807, 2.05) is 27.7 Å². The van der Waals surface area contributed by atoms with Gasteiger partial charge in [0.15, 0.2) is 5.78 Å². The van der Waals surface area contributed by atoms with E-state index in [0.29, 0.717) is 12.8 Å². The van der Waals surface area contributed by atoms with Crippen LogP contribution in [0.15, 0.2) is 24.3 Å². The number of benzene rings is 1. The predicted molar refractivity (Wildman–Crippen MR) is 96.9 cm³/mol. The third-order valence-electron chi connectivity index (χ3n) is 4.08. The van der Waals surface area contributed by atoms with E-state index in [1.165, 1.54) is 12.0 Å². The first-order chi connectivity index (χ1) is 10.7. The van der Waals surface area contributed by atoms with Crippen molar-refractivity contribution in [3.63, 3.8) is 0 Å². The van der Waals surface area contributed by atoms with Crippen molar-refractivity contribution >= 4 is 11.6 Å². The molecular weight excluding hydrogens is 284 g/mol. The minimum absolute atomic E-state index is 0.0660. The van der Waals surface area contributed by atoms with Crippen molar-refractivity contribution in [3.8, 4) is 0 Å². The number of ketones is 2. The molecule has 0 aromatic heterocycles. The molecule has 2 atom stereocenters. The quantitative estimate of drug-likeness (QED) is 0.565. The number of carbonyl (C=O) groups excluding carboxylic acids is 2. The maximum absolute atomic E-state index is 12.6. The molecule has 2 rings (SSSR count). The van der Waals surface area contributed by atoms with Gasteiger partial charge in [-0.3, -0.25) is 9.59 Å². The van der Waals surface area contributed by atoms with Crippen molar-refractivity contribution < 1.29 is 9.59 Å². The minimum atomic E-state index is -0.556. The number of Topliss-reactive ketones (excluding diaryl/α,β-unsaturated/α-hetero) is 2. The predicted octanol–water partition coefficient (Wildman–Crippen LogP) is 5.24. The zero-order chi connectivity index (χ0) is 17.7. The Hall–Kier alpha value is -1.70. The van der Waals surface area contributed by atoms with Crippen molar-refractivity contribution in [2.75, 3.05) is 0 Å². The summed E-state index contributed by atoms with van der Waals surface area (Å²) in [6.07, 6.45) is 2.24. The fourth-order valence-corrected chi connectivity index (χ4v) is 3.40. The van der Waals surface area contributed by atoms with Crippen molar-refractivity contribution in [2.24, 2.45) is 5.92 Å². The fourth-order valence-electron chi connectivity index (χ4n) is 3.40. The Morgan fingerprint density at radius 1 is 1.13 bits per heavy atom. The maximum atomic E-state index is 12.6. The maximum Gasteiger partial charge on any atom is 0.151 e. The Bertz CT molecular complexity index is 587. The summed E-state index contributed by atoms with van der Waals surface area (Å²) in [4.78, 5) is 24.9. The lowest BCUT2D eigenvalue weighted by molar-refractivity contribution is -0.124. The molecule has 1 aromatic rings. The summed E-state index contributed by atoms with van der Waals surface area (Å²) in [5.74, 6) is -0.589. The van der Waals surface area contributed by atoms with Gasteiger partial charge < -0.3 is 0 Å². The summed E-state index contributed by atoms with van der Waals surface area (Å²) in [5.41, 5.74) is 5.15. The van der Waals surface area contributed by atoms with Crippen LogP contribution in [0.3, 0.4) is 0 Å². The monoisotopic (exact) mass is 314 g/mol. The topological polar surface area (TPSA) is 34.1 Å². The van der Waals surface area contributed by atoms with Gasteiger partial charge in [-0.25, -0.2) is 0 Å². The summed E-state index contributed by atoms with van der Waals surface area (Å²) in [6, 6.07) is 4.10. The third kappa shape index (κ3) is 4.63. The lowest BCUT2D eigenvalue weighted by atomic mass is 9.86. The number of rotatable bonds is 3. The first-order valence-corrected chi connectivity index (χ1v) is 8.51. The Balaban J connectivity index is 0.000000816. The molecule has 0 heterocycles. The van der Waals surface area contributed by atoms with Crippen LogP contribution >= 0.6 is 0 Å². The van der Waals surface area contributed by atoms with Crippen molar-refractivity contribution in [3.05, 3.63) is 46.5 Å². The highest BCUT2D eigenvalue weighted by atomic mass is 16.2. The first-order valence-electron chi connectivity index (χ1n) is 8.51. The van der Waals surface area contributed by atoms with Gasteiger partial charge in [-0.1, -0.05) is 43.5 Å². The molecule has 1 fully saturated rings. The minimum Gasteiger partial charge on any atom is -0.298 e. The number of allylic oxidation sites excluding steroid dienone is 1. The van der Waals surface area contributed by atoms with Crippen LogP contribution < -0.4 is 0 Å². The van der Waals surface area contributed by atoms with Crippen molar-refractivity contribution in [1.82, 2.24) is 0 Å². The van der Waals surface area contributed by atoms with Gasteiger partial charge in [-0.15, -0.1) is 6.58 Å². The highest BCUT2D eigenvalue weighted by Crippen LogP contribution is 2.38. The average Bonchev–Trinajstić information content (AvgIpc) is 2.65. The fraction of sp³-hybridized carbons (Fsp3) is 0.524. The second kappa shape index (κ2) is 8.24. The van der Waals surface area contributed by atoms with Gasteiger partial charge in [0, 0.05) is 12.3 Å². The van der Waals surface area contributed by atoms with Gasteiger partial charge in [0.1, 0.15) is 11.7 Å². The highest BCUT2D eigenvalue weighted by Gasteiger charge is 2.42. The lowest BCUT2D eigenvalue weighted by Crippen LogP contribution is -2.18. The molecule has 1 saturated carbocycles. The van der Waals surface area contributed by atoms with Gasteiger partial charge in [-0.2, -0.15) is 0 Å². The molecule has 1 aromatic carbocycles. The molecule has 0 bridgehead atoms. The average molecular weight is 314 g/mol. The zero-order valence-corrected chi connectivity index (χ0v) is 15.5. The molecule has 0 amide bonds. The SMILES string of the molecule is C=C(C)CC1CC(=O)C(c2c(C)cc(C)cc2C)C1=O.CCC. The second-order valence-electron chi connectivity index (χ2n) is 6.88. The number of carbonyl (C=O) groups is 2. The van der Waals surface area contributed by atoms with Gasteiger partial charge in [0.2, 0.25) is 0 Å². The van der Waals surface area contributed by atoms with E-state index in [9.17, 15) is 9.59 Å². The summed E-state index contributed by atoms with van der Waals surface area (Å²) >= 11 is 0. The van der Waals surface area contributed by atoms with E-state index < -0.39 is 5.92 Å². The van der Waals surface area contributed by atoms with Crippen molar-refractivity contribution in [1.29, 1.82) is 0 Å². The summed E-state index contributed by atoms with van der Waals surface area (Å²) in [6.45, 7) is 16.0. The van der Waals surface area contributed by atoms with Gasteiger partial charge in [0.05, 0.1) is 0 Å². The summed E-state index contributed by atoms with van der Waals surface area (Å²) < 4.78 is 0. The van der Waals surface area contributed by atoms with E-state index in [0.717, 1.165) is 22.3 Å². The van der Waals surface area contributed by atoms with E-state index in [-0.39, 0.29) is 17.5 Å². The normalized spacial score (nSPS) is 20.3. The third-order valence-corrected chi connectivity index (χ3v) is 4.08. The molecule has 23 heavy (non-hydrogen) atoms. The van der Waals surface area contributed by atoms with Gasteiger partial charge in [-0.05, 0) is 50.8 Å². The van der Waals surface area contributed by atoms with Gasteiger partial charge >= 0.3 is 0 Å².